The van der Waals surface area contributed by atoms with Crippen molar-refractivity contribution in [2.75, 3.05) is 19.6 Å². The minimum absolute atomic E-state index is 0.146. The molecule has 1 aliphatic rings. The normalized spacial score (nSPS) is 17.6. The van der Waals surface area contributed by atoms with E-state index in [0.29, 0.717) is 25.1 Å². The Morgan fingerprint density at radius 2 is 2.19 bits per heavy atom. The van der Waals surface area contributed by atoms with Crippen LogP contribution in [0.25, 0.3) is 0 Å². The lowest BCUT2D eigenvalue weighted by Gasteiger charge is -2.22. The molecule has 1 aromatic heterocycles. The molecule has 2 heterocycles. The molecule has 11 nitrogen and oxygen atoms in total. The minimum Gasteiger partial charge on any atom is -0.480 e. The van der Waals surface area contributed by atoms with Gasteiger partial charge in [-0.05, 0) is 12.8 Å². The number of carboxylic acids is 1. The highest BCUT2D eigenvalue weighted by molar-refractivity contribution is 5.92. The Kier molecular flexibility index (Phi) is 6.67. The molecule has 0 spiro atoms. The fourth-order valence-electron chi connectivity index (χ4n) is 2.79. The summed E-state index contributed by atoms with van der Waals surface area (Å²) in [7, 11) is 0. The van der Waals surface area contributed by atoms with Gasteiger partial charge in [0.25, 0.3) is 0 Å². The van der Waals surface area contributed by atoms with Gasteiger partial charge in [0, 0.05) is 24.9 Å². The van der Waals surface area contributed by atoms with Gasteiger partial charge in [0.1, 0.15) is 12.1 Å². The first-order valence-corrected chi connectivity index (χ1v) is 8.19. The van der Waals surface area contributed by atoms with E-state index < -0.39 is 35.8 Å². The van der Waals surface area contributed by atoms with Crippen molar-refractivity contribution in [3.05, 3.63) is 18.2 Å². The predicted octanol–water partition coefficient (Wildman–Crippen LogP) is -2.41. The standard InChI is InChI=1S/C15H22N6O5/c16-5-12(22)20-10(4-9-6-17-8-19-9)14(24)18-7-13(23)21-3-1-2-11(21)15(25)26/h6,8,10-11H,1-5,7,16H2,(H,17,19)(H,18,24)(H,20,22)(H,25,26). The lowest BCUT2D eigenvalue weighted by Crippen LogP contribution is -2.52. The summed E-state index contributed by atoms with van der Waals surface area (Å²) in [5.74, 6) is -2.62. The summed E-state index contributed by atoms with van der Waals surface area (Å²) in [6.45, 7) is -0.284. The number of nitrogens with one attached hydrogen (secondary N) is 3. The number of nitrogens with zero attached hydrogens (tertiary/aromatic N) is 2. The predicted molar refractivity (Wildman–Crippen MR) is 88.7 cm³/mol. The molecule has 3 amide bonds. The number of aromatic nitrogens is 2. The van der Waals surface area contributed by atoms with Gasteiger partial charge in [-0.3, -0.25) is 14.4 Å². The summed E-state index contributed by atoms with van der Waals surface area (Å²) >= 11 is 0. The number of hydrogen-bond acceptors (Lipinski definition) is 6. The summed E-state index contributed by atoms with van der Waals surface area (Å²) in [4.78, 5) is 55.2. The summed E-state index contributed by atoms with van der Waals surface area (Å²) in [5.41, 5.74) is 5.89. The van der Waals surface area contributed by atoms with E-state index in [4.69, 9.17) is 10.8 Å². The highest BCUT2D eigenvalue weighted by atomic mass is 16.4. The zero-order chi connectivity index (χ0) is 19.1. The average Bonchev–Trinajstić information content (AvgIpc) is 3.29. The van der Waals surface area contributed by atoms with Crippen molar-refractivity contribution in [3.8, 4) is 0 Å². The molecule has 2 unspecified atom stereocenters. The molecule has 0 saturated carbocycles. The van der Waals surface area contributed by atoms with Crippen LogP contribution in [-0.2, 0) is 25.6 Å². The van der Waals surface area contributed by atoms with Crippen LogP contribution in [0.4, 0.5) is 0 Å². The summed E-state index contributed by atoms with van der Waals surface area (Å²) < 4.78 is 0. The molecule has 2 rings (SSSR count). The van der Waals surface area contributed by atoms with Gasteiger partial charge >= 0.3 is 5.97 Å². The second-order valence-corrected chi connectivity index (χ2v) is 5.91. The van der Waals surface area contributed by atoms with Crippen LogP contribution in [0.1, 0.15) is 18.5 Å². The fraction of sp³-hybridized carbons (Fsp3) is 0.533. The van der Waals surface area contributed by atoms with E-state index in [1.807, 2.05) is 0 Å². The SMILES string of the molecule is NCC(=O)NC(Cc1cnc[nH]1)C(=O)NCC(=O)N1CCCC1C(=O)O. The van der Waals surface area contributed by atoms with Gasteiger partial charge in [-0.15, -0.1) is 0 Å². The van der Waals surface area contributed by atoms with Gasteiger partial charge < -0.3 is 31.4 Å². The molecule has 0 aliphatic carbocycles. The topological polar surface area (TPSA) is 171 Å². The number of H-pyrrole nitrogens is 1. The number of imidazole rings is 1. The number of aliphatic carboxylic acids is 1. The smallest absolute Gasteiger partial charge is 0.326 e. The number of carbonyl (C=O) groups is 4. The fourth-order valence-corrected chi connectivity index (χ4v) is 2.79. The first-order chi connectivity index (χ1) is 12.4. The third-order valence-electron chi connectivity index (χ3n) is 4.09. The van der Waals surface area contributed by atoms with Crippen LogP contribution in [0.3, 0.4) is 0 Å². The Labute approximate surface area is 149 Å². The van der Waals surface area contributed by atoms with Gasteiger partial charge in [-0.1, -0.05) is 0 Å². The van der Waals surface area contributed by atoms with Crippen LogP contribution in [0.15, 0.2) is 12.5 Å². The second kappa shape index (κ2) is 8.94. The Bertz CT molecular complexity index is 661. The largest absolute Gasteiger partial charge is 0.480 e. The van der Waals surface area contributed by atoms with Gasteiger partial charge in [0.15, 0.2) is 0 Å². The maximum atomic E-state index is 12.4. The van der Waals surface area contributed by atoms with Crippen molar-refractivity contribution in [1.29, 1.82) is 0 Å². The molecule has 26 heavy (non-hydrogen) atoms. The number of likely N-dealkylation sites (tertiary alicyclic amines) is 1. The van der Waals surface area contributed by atoms with Crippen molar-refractivity contribution in [3.63, 3.8) is 0 Å². The Morgan fingerprint density at radius 1 is 1.42 bits per heavy atom. The quantitative estimate of drug-likeness (QED) is 0.341. The van der Waals surface area contributed by atoms with Gasteiger partial charge in [-0.25, -0.2) is 9.78 Å². The maximum absolute atomic E-state index is 12.4. The van der Waals surface area contributed by atoms with E-state index in [1.54, 1.807) is 0 Å². The van der Waals surface area contributed by atoms with Crippen LogP contribution in [-0.4, -0.2) is 75.4 Å². The van der Waals surface area contributed by atoms with Crippen LogP contribution in [0.2, 0.25) is 0 Å². The molecule has 1 fully saturated rings. The highest BCUT2D eigenvalue weighted by Crippen LogP contribution is 2.17. The summed E-state index contributed by atoms with van der Waals surface area (Å²) in [6.07, 6.45) is 4.10. The molecule has 1 aromatic rings. The van der Waals surface area contributed by atoms with Gasteiger partial charge in [0.05, 0.1) is 19.4 Å². The van der Waals surface area contributed by atoms with Crippen molar-refractivity contribution in [2.45, 2.75) is 31.3 Å². The number of amides is 3. The lowest BCUT2D eigenvalue weighted by molar-refractivity contribution is -0.148. The molecule has 2 atom stereocenters. The van der Waals surface area contributed by atoms with Crippen LogP contribution in [0, 0.1) is 0 Å². The number of hydrogen-bond donors (Lipinski definition) is 5. The molecule has 0 bridgehead atoms. The number of rotatable bonds is 8. The van der Waals surface area contributed by atoms with Crippen LogP contribution < -0.4 is 16.4 Å². The Balaban J connectivity index is 1.94. The van der Waals surface area contributed by atoms with Crippen molar-refractivity contribution in [2.24, 2.45) is 5.73 Å². The molecule has 0 radical (unpaired) electrons. The molecule has 11 heteroatoms. The maximum Gasteiger partial charge on any atom is 0.326 e. The third kappa shape index (κ3) is 5.02. The van der Waals surface area contributed by atoms with E-state index >= 15 is 0 Å². The Morgan fingerprint density at radius 3 is 2.81 bits per heavy atom. The molecule has 1 aliphatic heterocycles. The molecule has 6 N–H and O–H groups in total. The van der Waals surface area contributed by atoms with Crippen LogP contribution in [0.5, 0.6) is 0 Å². The molecule has 142 valence electrons. The van der Waals surface area contributed by atoms with Crippen LogP contribution >= 0.6 is 0 Å². The van der Waals surface area contributed by atoms with Crippen molar-refractivity contribution in [1.82, 2.24) is 25.5 Å². The van der Waals surface area contributed by atoms with Crippen molar-refractivity contribution < 1.29 is 24.3 Å². The average molecular weight is 366 g/mol. The van der Waals surface area contributed by atoms with Gasteiger partial charge in [0.2, 0.25) is 17.7 Å². The van der Waals surface area contributed by atoms with Gasteiger partial charge in [-0.2, -0.15) is 0 Å². The van der Waals surface area contributed by atoms with E-state index in [2.05, 4.69) is 20.6 Å². The molecule has 0 aromatic carbocycles. The Hall–Kier alpha value is -2.95. The molecular formula is C15H22N6O5. The minimum atomic E-state index is -1.06. The molecule has 1 saturated heterocycles. The second-order valence-electron chi connectivity index (χ2n) is 5.91. The first-order valence-electron chi connectivity index (χ1n) is 8.19. The zero-order valence-electron chi connectivity index (χ0n) is 14.1. The third-order valence-corrected chi connectivity index (χ3v) is 4.09. The molecular weight excluding hydrogens is 344 g/mol. The number of aromatic amines is 1. The number of carboxylic acid groups (broad SMARTS) is 1. The lowest BCUT2D eigenvalue weighted by atomic mass is 10.1. The summed E-state index contributed by atoms with van der Waals surface area (Å²) in [6, 6.07) is -1.80. The van der Waals surface area contributed by atoms with Crippen molar-refractivity contribution >= 4 is 23.7 Å². The number of carbonyl (C=O) groups excluding carboxylic acids is 3. The van der Waals surface area contributed by atoms with E-state index in [-0.39, 0.29) is 19.5 Å². The monoisotopic (exact) mass is 366 g/mol. The zero-order valence-corrected chi connectivity index (χ0v) is 14.1. The number of nitrogens with two attached hydrogens (primary N) is 1. The van der Waals surface area contributed by atoms with E-state index in [0.717, 1.165) is 0 Å². The first kappa shape index (κ1) is 19.4. The summed E-state index contributed by atoms with van der Waals surface area (Å²) in [5, 5.41) is 14.0. The van der Waals surface area contributed by atoms with E-state index in [1.165, 1.54) is 17.4 Å². The van der Waals surface area contributed by atoms with E-state index in [9.17, 15) is 19.2 Å². The highest BCUT2D eigenvalue weighted by Gasteiger charge is 2.34.